The molecule has 2 rings (SSSR count). The van der Waals surface area contributed by atoms with Crippen LogP contribution < -0.4 is 5.73 Å². The zero-order valence-corrected chi connectivity index (χ0v) is 11.1. The van der Waals surface area contributed by atoms with Crippen molar-refractivity contribution in [1.29, 1.82) is 0 Å². The summed E-state index contributed by atoms with van der Waals surface area (Å²) in [5, 5.41) is 0. The van der Waals surface area contributed by atoms with Gasteiger partial charge in [0.1, 0.15) is 4.88 Å². The maximum atomic E-state index is 12.1. The second-order valence-electron chi connectivity index (χ2n) is 4.00. The number of hydrogen-bond acceptors (Lipinski definition) is 5. The number of rotatable bonds is 4. The van der Waals surface area contributed by atoms with E-state index in [1.807, 2.05) is 0 Å². The molecule has 5 nitrogen and oxygen atoms in total. The molecule has 0 saturated heterocycles. The lowest BCUT2D eigenvalue weighted by atomic mass is 10.1. The van der Waals surface area contributed by atoms with Crippen LogP contribution in [-0.4, -0.2) is 43.0 Å². The zero-order valence-electron chi connectivity index (χ0n) is 10.3. The summed E-state index contributed by atoms with van der Waals surface area (Å²) in [6, 6.07) is 1.64. The van der Waals surface area contributed by atoms with Gasteiger partial charge in [0.2, 0.25) is 0 Å². The Kier molecular flexibility index (Phi) is 3.98. The molecule has 1 aliphatic heterocycles. The normalized spacial score (nSPS) is 14.6. The summed E-state index contributed by atoms with van der Waals surface area (Å²) in [7, 11) is 0. The standard InChI is InChI=1S/C12H16N2O3S/c1-2-17-12(16)10-7-8-9(18-10)3-5-14(6-4-13)11(8)15/h7H,2-6,13H2,1H3. The van der Waals surface area contributed by atoms with Crippen molar-refractivity contribution in [3.8, 4) is 0 Å². The number of amides is 1. The van der Waals surface area contributed by atoms with Crippen LogP contribution in [-0.2, 0) is 11.2 Å². The van der Waals surface area contributed by atoms with E-state index in [2.05, 4.69) is 0 Å². The van der Waals surface area contributed by atoms with E-state index >= 15 is 0 Å². The van der Waals surface area contributed by atoms with Crippen molar-refractivity contribution >= 4 is 23.2 Å². The fourth-order valence-corrected chi connectivity index (χ4v) is 3.01. The summed E-state index contributed by atoms with van der Waals surface area (Å²) in [6.45, 7) is 3.79. The zero-order chi connectivity index (χ0) is 13.1. The third-order valence-corrected chi connectivity index (χ3v) is 3.99. The first-order valence-corrected chi connectivity index (χ1v) is 6.78. The summed E-state index contributed by atoms with van der Waals surface area (Å²) in [5.41, 5.74) is 6.10. The van der Waals surface area contributed by atoms with E-state index in [9.17, 15) is 9.59 Å². The van der Waals surface area contributed by atoms with Gasteiger partial charge in [0.25, 0.3) is 5.91 Å². The van der Waals surface area contributed by atoms with Crippen LogP contribution >= 0.6 is 11.3 Å². The van der Waals surface area contributed by atoms with Crippen LogP contribution in [0.5, 0.6) is 0 Å². The number of fused-ring (bicyclic) bond motifs is 1. The van der Waals surface area contributed by atoms with Gasteiger partial charge in [-0.3, -0.25) is 4.79 Å². The second kappa shape index (κ2) is 5.49. The van der Waals surface area contributed by atoms with E-state index in [1.54, 1.807) is 17.9 Å². The van der Waals surface area contributed by atoms with Crippen LogP contribution in [0.15, 0.2) is 6.07 Å². The Bertz CT molecular complexity index is 470. The molecular weight excluding hydrogens is 252 g/mol. The number of carbonyl (C=O) groups is 2. The van der Waals surface area contributed by atoms with E-state index in [1.165, 1.54) is 11.3 Å². The van der Waals surface area contributed by atoms with Crippen LogP contribution in [0.1, 0.15) is 31.8 Å². The van der Waals surface area contributed by atoms with Gasteiger partial charge in [0.15, 0.2) is 0 Å². The van der Waals surface area contributed by atoms with Crippen molar-refractivity contribution in [1.82, 2.24) is 4.90 Å². The summed E-state index contributed by atoms with van der Waals surface area (Å²) in [5.74, 6) is -0.386. The predicted octanol–water partition coefficient (Wildman–Crippen LogP) is 0.882. The smallest absolute Gasteiger partial charge is 0.348 e. The van der Waals surface area contributed by atoms with Crippen LogP contribution in [0.2, 0.25) is 0 Å². The van der Waals surface area contributed by atoms with Crippen molar-refractivity contribution in [2.24, 2.45) is 5.73 Å². The molecule has 0 atom stereocenters. The first kappa shape index (κ1) is 13.0. The molecular formula is C12H16N2O3S. The molecule has 0 spiro atoms. The Labute approximate surface area is 110 Å². The topological polar surface area (TPSA) is 72.6 Å². The molecule has 18 heavy (non-hydrogen) atoms. The van der Waals surface area contributed by atoms with E-state index in [0.29, 0.717) is 36.7 Å². The molecule has 0 aliphatic carbocycles. The van der Waals surface area contributed by atoms with Gasteiger partial charge >= 0.3 is 5.97 Å². The molecule has 0 fully saturated rings. The van der Waals surface area contributed by atoms with Crippen LogP contribution in [0, 0.1) is 0 Å². The molecule has 0 aromatic carbocycles. The molecule has 1 aromatic rings. The Morgan fingerprint density at radius 1 is 1.61 bits per heavy atom. The molecule has 2 heterocycles. The number of thiophene rings is 1. The van der Waals surface area contributed by atoms with Crippen molar-refractivity contribution in [2.45, 2.75) is 13.3 Å². The molecule has 98 valence electrons. The van der Waals surface area contributed by atoms with Gasteiger partial charge in [-0.2, -0.15) is 0 Å². The first-order valence-electron chi connectivity index (χ1n) is 5.96. The highest BCUT2D eigenvalue weighted by Crippen LogP contribution is 2.28. The van der Waals surface area contributed by atoms with Gasteiger partial charge in [0, 0.05) is 30.9 Å². The second-order valence-corrected chi connectivity index (χ2v) is 5.14. The highest BCUT2D eigenvalue weighted by Gasteiger charge is 2.27. The van der Waals surface area contributed by atoms with Crippen molar-refractivity contribution in [3.05, 3.63) is 21.4 Å². The first-order chi connectivity index (χ1) is 8.67. The van der Waals surface area contributed by atoms with Gasteiger partial charge in [0.05, 0.1) is 12.2 Å². The van der Waals surface area contributed by atoms with Crippen molar-refractivity contribution in [2.75, 3.05) is 26.2 Å². The molecule has 0 bridgehead atoms. The molecule has 6 heteroatoms. The minimum atomic E-state index is -0.352. The largest absolute Gasteiger partial charge is 0.462 e. The lowest BCUT2D eigenvalue weighted by molar-refractivity contribution is 0.0532. The lowest BCUT2D eigenvalue weighted by Crippen LogP contribution is -2.39. The molecule has 2 N–H and O–H groups in total. The number of nitrogens with two attached hydrogens (primary N) is 1. The SMILES string of the molecule is CCOC(=O)c1cc2c(s1)CCN(CCN)C2=O. The molecule has 0 saturated carbocycles. The minimum Gasteiger partial charge on any atom is -0.462 e. The van der Waals surface area contributed by atoms with Crippen molar-refractivity contribution < 1.29 is 14.3 Å². The third kappa shape index (κ3) is 2.39. The van der Waals surface area contributed by atoms with E-state index in [4.69, 9.17) is 10.5 Å². The molecule has 0 unspecified atom stereocenters. The van der Waals surface area contributed by atoms with Crippen molar-refractivity contribution in [3.63, 3.8) is 0 Å². The lowest BCUT2D eigenvalue weighted by Gasteiger charge is -2.25. The monoisotopic (exact) mass is 268 g/mol. The number of esters is 1. The van der Waals surface area contributed by atoms with Crippen LogP contribution in [0.4, 0.5) is 0 Å². The number of nitrogens with zero attached hydrogens (tertiary/aromatic N) is 1. The van der Waals surface area contributed by atoms with Crippen LogP contribution in [0.3, 0.4) is 0 Å². The maximum absolute atomic E-state index is 12.1. The third-order valence-electron chi connectivity index (χ3n) is 2.81. The molecule has 1 aliphatic rings. The predicted molar refractivity (Wildman–Crippen MR) is 68.9 cm³/mol. The highest BCUT2D eigenvalue weighted by molar-refractivity contribution is 7.14. The van der Waals surface area contributed by atoms with E-state index < -0.39 is 0 Å². The number of ether oxygens (including phenoxy) is 1. The fourth-order valence-electron chi connectivity index (χ4n) is 1.98. The maximum Gasteiger partial charge on any atom is 0.348 e. The Hall–Kier alpha value is -1.40. The van der Waals surface area contributed by atoms with E-state index in [0.717, 1.165) is 11.3 Å². The van der Waals surface area contributed by atoms with Crippen LogP contribution in [0.25, 0.3) is 0 Å². The number of carbonyl (C=O) groups excluding carboxylic acids is 2. The highest BCUT2D eigenvalue weighted by atomic mass is 32.1. The molecule has 1 amide bonds. The Morgan fingerprint density at radius 2 is 2.39 bits per heavy atom. The summed E-state index contributed by atoms with van der Waals surface area (Å²) in [4.78, 5) is 26.9. The van der Waals surface area contributed by atoms with Gasteiger partial charge in [-0.15, -0.1) is 11.3 Å². The van der Waals surface area contributed by atoms with Gasteiger partial charge in [-0.05, 0) is 13.0 Å². The average Bonchev–Trinajstić information content (AvgIpc) is 2.78. The summed E-state index contributed by atoms with van der Waals surface area (Å²) >= 11 is 1.35. The van der Waals surface area contributed by atoms with Gasteiger partial charge in [-0.25, -0.2) is 4.79 Å². The summed E-state index contributed by atoms with van der Waals surface area (Å²) in [6.07, 6.45) is 0.783. The summed E-state index contributed by atoms with van der Waals surface area (Å²) < 4.78 is 4.94. The van der Waals surface area contributed by atoms with Gasteiger partial charge < -0.3 is 15.4 Å². The Balaban J connectivity index is 2.22. The number of hydrogen-bond donors (Lipinski definition) is 1. The average molecular weight is 268 g/mol. The minimum absolute atomic E-state index is 0.0338. The molecule has 0 radical (unpaired) electrons. The quantitative estimate of drug-likeness (QED) is 0.823. The van der Waals surface area contributed by atoms with Gasteiger partial charge in [-0.1, -0.05) is 0 Å². The van der Waals surface area contributed by atoms with E-state index in [-0.39, 0.29) is 11.9 Å². The molecule has 1 aromatic heterocycles. The fraction of sp³-hybridized carbons (Fsp3) is 0.500. The Morgan fingerprint density at radius 3 is 3.06 bits per heavy atom.